The Kier molecular flexibility index (Phi) is 3.86. The van der Waals surface area contributed by atoms with Gasteiger partial charge in [0.25, 0.3) is 0 Å². The van der Waals surface area contributed by atoms with Gasteiger partial charge in [-0.05, 0) is 20.8 Å². The molecule has 0 bridgehead atoms. The van der Waals surface area contributed by atoms with E-state index in [1.165, 1.54) is 0 Å². The van der Waals surface area contributed by atoms with Crippen molar-refractivity contribution in [1.82, 2.24) is 0 Å². The fourth-order valence-electron chi connectivity index (χ4n) is 1.43. The third-order valence-corrected chi connectivity index (χ3v) is 2.90. The van der Waals surface area contributed by atoms with Gasteiger partial charge in [-0.2, -0.15) is 0 Å². The molecule has 0 aromatic carbocycles. The molecular weight excluding hydrogens is 208 g/mol. The summed E-state index contributed by atoms with van der Waals surface area (Å²) >= 11 is 0. The van der Waals surface area contributed by atoms with E-state index in [0.29, 0.717) is 19.6 Å². The number of hydrogen-bond donors (Lipinski definition) is 0. The molecule has 0 amide bonds. The number of rotatable bonds is 4. The van der Waals surface area contributed by atoms with Gasteiger partial charge in [0, 0.05) is 6.42 Å². The normalized spacial score (nSPS) is 22.8. The topological polar surface area (TPSA) is 52.6 Å². The molecular formula is C12H20O4. The average molecular weight is 228 g/mol. The average Bonchev–Trinajstić information content (AvgIpc) is 2.22. The maximum Gasteiger partial charge on any atom is 0.162 e. The van der Waals surface area contributed by atoms with Crippen molar-refractivity contribution in [2.75, 3.05) is 13.2 Å². The molecule has 0 atom stereocenters. The van der Waals surface area contributed by atoms with Crippen LogP contribution in [0.3, 0.4) is 0 Å². The van der Waals surface area contributed by atoms with E-state index in [4.69, 9.17) is 9.47 Å². The van der Waals surface area contributed by atoms with Gasteiger partial charge < -0.3 is 9.47 Å². The third-order valence-electron chi connectivity index (χ3n) is 2.90. The molecule has 4 heteroatoms. The van der Waals surface area contributed by atoms with Crippen LogP contribution in [0.4, 0.5) is 0 Å². The van der Waals surface area contributed by atoms with Crippen molar-refractivity contribution in [3.63, 3.8) is 0 Å². The summed E-state index contributed by atoms with van der Waals surface area (Å²) in [6, 6.07) is 0. The van der Waals surface area contributed by atoms with Crippen LogP contribution in [-0.4, -0.2) is 30.6 Å². The first-order valence-corrected chi connectivity index (χ1v) is 5.62. The molecule has 0 aromatic heterocycles. The summed E-state index contributed by atoms with van der Waals surface area (Å²) in [4.78, 5) is 23.2. The molecule has 0 spiro atoms. The molecule has 1 fully saturated rings. The number of carbonyl (C=O) groups is 2. The van der Waals surface area contributed by atoms with E-state index >= 15 is 0 Å². The first kappa shape index (κ1) is 13.3. The summed E-state index contributed by atoms with van der Waals surface area (Å²) in [5.74, 6) is -0.750. The largest absolute Gasteiger partial charge is 0.349 e. The summed E-state index contributed by atoms with van der Waals surface area (Å²) in [6.07, 6.45) is 0.384. The SMILES string of the molecule is CCC(=O)CC(=O)C1(C)COC(C)(C)OC1. The van der Waals surface area contributed by atoms with E-state index in [1.54, 1.807) is 13.8 Å². The maximum absolute atomic E-state index is 11.9. The van der Waals surface area contributed by atoms with Gasteiger partial charge >= 0.3 is 0 Å². The highest BCUT2D eigenvalue weighted by molar-refractivity contribution is 6.01. The van der Waals surface area contributed by atoms with Gasteiger partial charge in [0.05, 0.1) is 25.0 Å². The Labute approximate surface area is 96.3 Å². The quantitative estimate of drug-likeness (QED) is 0.687. The number of Topliss-reactive ketones (excluding diaryl/α,β-unsaturated/α-hetero) is 2. The summed E-state index contributed by atoms with van der Waals surface area (Å²) in [6.45, 7) is 7.80. The molecule has 16 heavy (non-hydrogen) atoms. The van der Waals surface area contributed by atoms with Crippen LogP contribution in [0.5, 0.6) is 0 Å². The lowest BCUT2D eigenvalue weighted by atomic mass is 9.84. The summed E-state index contributed by atoms with van der Waals surface area (Å²) in [5, 5.41) is 0. The Balaban J connectivity index is 2.59. The highest BCUT2D eigenvalue weighted by Gasteiger charge is 2.41. The van der Waals surface area contributed by atoms with E-state index in [9.17, 15) is 9.59 Å². The molecule has 0 aromatic rings. The molecule has 0 saturated carbocycles. The van der Waals surface area contributed by atoms with Crippen LogP contribution < -0.4 is 0 Å². The monoisotopic (exact) mass is 228 g/mol. The number of hydrogen-bond acceptors (Lipinski definition) is 4. The van der Waals surface area contributed by atoms with Crippen molar-refractivity contribution in [2.45, 2.75) is 46.3 Å². The summed E-state index contributed by atoms with van der Waals surface area (Å²) < 4.78 is 10.9. The van der Waals surface area contributed by atoms with Crippen LogP contribution in [0.2, 0.25) is 0 Å². The predicted molar refractivity (Wildman–Crippen MR) is 59.0 cm³/mol. The van der Waals surface area contributed by atoms with Crippen LogP contribution in [-0.2, 0) is 19.1 Å². The lowest BCUT2D eigenvalue weighted by molar-refractivity contribution is -0.276. The summed E-state index contributed by atoms with van der Waals surface area (Å²) in [7, 11) is 0. The Morgan fingerprint density at radius 1 is 1.12 bits per heavy atom. The van der Waals surface area contributed by atoms with Crippen molar-refractivity contribution in [3.05, 3.63) is 0 Å². The Morgan fingerprint density at radius 2 is 1.62 bits per heavy atom. The molecule has 1 aliphatic heterocycles. The van der Waals surface area contributed by atoms with Gasteiger partial charge in [-0.25, -0.2) is 0 Å². The van der Waals surface area contributed by atoms with Gasteiger partial charge in [0.2, 0.25) is 0 Å². The van der Waals surface area contributed by atoms with Crippen molar-refractivity contribution >= 4 is 11.6 Å². The Hall–Kier alpha value is -0.740. The first-order chi connectivity index (χ1) is 7.29. The van der Waals surface area contributed by atoms with E-state index < -0.39 is 11.2 Å². The number of ether oxygens (including phenoxy) is 2. The van der Waals surface area contributed by atoms with E-state index in [2.05, 4.69) is 0 Å². The van der Waals surface area contributed by atoms with Crippen LogP contribution in [0, 0.1) is 5.41 Å². The molecule has 92 valence electrons. The van der Waals surface area contributed by atoms with Gasteiger partial charge in [0.1, 0.15) is 5.78 Å². The van der Waals surface area contributed by atoms with Gasteiger partial charge in [0.15, 0.2) is 11.6 Å². The zero-order chi connectivity index (χ0) is 12.4. The minimum Gasteiger partial charge on any atom is -0.349 e. The Morgan fingerprint density at radius 3 is 2.06 bits per heavy atom. The van der Waals surface area contributed by atoms with Gasteiger partial charge in [-0.1, -0.05) is 6.92 Å². The molecule has 4 nitrogen and oxygen atoms in total. The molecule has 0 radical (unpaired) electrons. The Bertz CT molecular complexity index is 283. The molecule has 0 N–H and O–H groups in total. The zero-order valence-electron chi connectivity index (χ0n) is 10.5. The fraction of sp³-hybridized carbons (Fsp3) is 0.833. The molecule has 1 heterocycles. The minimum atomic E-state index is -0.680. The predicted octanol–water partition coefficient (Wildman–Crippen LogP) is 1.71. The van der Waals surface area contributed by atoms with Gasteiger partial charge in [-0.15, -0.1) is 0 Å². The third kappa shape index (κ3) is 3.12. The number of ketones is 2. The smallest absolute Gasteiger partial charge is 0.162 e. The van der Waals surface area contributed by atoms with Crippen molar-refractivity contribution in [3.8, 4) is 0 Å². The highest BCUT2D eigenvalue weighted by Crippen LogP contribution is 2.31. The fourth-order valence-corrected chi connectivity index (χ4v) is 1.43. The van der Waals surface area contributed by atoms with E-state index in [-0.39, 0.29) is 18.0 Å². The standard InChI is InChI=1S/C12H20O4/c1-5-9(13)6-10(14)12(4)7-15-11(2,3)16-8-12/h5-8H2,1-4H3. The molecule has 1 saturated heterocycles. The maximum atomic E-state index is 11.9. The molecule has 1 aliphatic rings. The van der Waals surface area contributed by atoms with E-state index in [0.717, 1.165) is 0 Å². The summed E-state index contributed by atoms with van der Waals surface area (Å²) in [5.41, 5.74) is -0.680. The zero-order valence-corrected chi connectivity index (χ0v) is 10.5. The van der Waals surface area contributed by atoms with Crippen LogP contribution in [0.1, 0.15) is 40.5 Å². The lowest BCUT2D eigenvalue weighted by Gasteiger charge is -2.40. The second-order valence-corrected chi connectivity index (χ2v) is 5.03. The second kappa shape index (κ2) is 4.63. The van der Waals surface area contributed by atoms with Crippen LogP contribution >= 0.6 is 0 Å². The first-order valence-electron chi connectivity index (χ1n) is 5.62. The molecule has 1 rings (SSSR count). The number of carbonyl (C=O) groups excluding carboxylic acids is 2. The van der Waals surface area contributed by atoms with E-state index in [1.807, 2.05) is 13.8 Å². The van der Waals surface area contributed by atoms with Crippen molar-refractivity contribution < 1.29 is 19.1 Å². The van der Waals surface area contributed by atoms with Crippen molar-refractivity contribution in [1.29, 1.82) is 0 Å². The molecule has 0 aliphatic carbocycles. The lowest BCUT2D eigenvalue weighted by Crippen LogP contribution is -2.49. The van der Waals surface area contributed by atoms with Crippen LogP contribution in [0.25, 0.3) is 0 Å². The second-order valence-electron chi connectivity index (χ2n) is 5.03. The minimum absolute atomic E-state index is 0.0137. The van der Waals surface area contributed by atoms with Crippen LogP contribution in [0.15, 0.2) is 0 Å². The van der Waals surface area contributed by atoms with Gasteiger partial charge in [-0.3, -0.25) is 9.59 Å². The molecule has 0 unspecified atom stereocenters. The van der Waals surface area contributed by atoms with Crippen molar-refractivity contribution in [2.24, 2.45) is 5.41 Å². The highest BCUT2D eigenvalue weighted by atomic mass is 16.7.